The van der Waals surface area contributed by atoms with Gasteiger partial charge in [0.05, 0.1) is 11.7 Å². The van der Waals surface area contributed by atoms with Crippen LogP contribution >= 0.6 is 0 Å². The van der Waals surface area contributed by atoms with Gasteiger partial charge >= 0.3 is 6.18 Å². The highest BCUT2D eigenvalue weighted by atomic mass is 19.4. The predicted molar refractivity (Wildman–Crippen MR) is 96.7 cm³/mol. The van der Waals surface area contributed by atoms with Gasteiger partial charge in [0, 0.05) is 16.7 Å². The Kier molecular flexibility index (Phi) is 6.98. The second-order valence-electron chi connectivity index (χ2n) is 6.07. The number of hydrogen-bond donors (Lipinski definition) is 4. The molecule has 0 bridgehead atoms. The van der Waals surface area contributed by atoms with Crippen molar-refractivity contribution < 1.29 is 33.1 Å². The summed E-state index contributed by atoms with van der Waals surface area (Å²) in [5.74, 6) is 3.88. The van der Waals surface area contributed by atoms with E-state index >= 15 is 0 Å². The van der Waals surface area contributed by atoms with Gasteiger partial charge in [0.25, 0.3) is 11.8 Å². The zero-order chi connectivity index (χ0) is 21.6. The minimum absolute atomic E-state index is 0.182. The highest BCUT2D eigenvalue weighted by molar-refractivity contribution is 5.97. The third-order valence-corrected chi connectivity index (χ3v) is 3.87. The number of carbonyl (C=O) groups is 2. The number of benzene rings is 2. The molecule has 0 fully saturated rings. The Morgan fingerprint density at radius 3 is 1.86 bits per heavy atom. The molecule has 2 amide bonds. The van der Waals surface area contributed by atoms with Crippen molar-refractivity contribution in [3.63, 3.8) is 0 Å². The van der Waals surface area contributed by atoms with Crippen LogP contribution in [0.5, 0.6) is 0 Å². The Balaban J connectivity index is 2.08. The van der Waals surface area contributed by atoms with Crippen LogP contribution in [0.25, 0.3) is 0 Å². The summed E-state index contributed by atoms with van der Waals surface area (Å²) in [6.07, 6.45) is -5.65. The zero-order valence-electron chi connectivity index (χ0n) is 15.1. The van der Waals surface area contributed by atoms with E-state index in [0.717, 1.165) is 12.1 Å². The monoisotopic (exact) mass is 406 g/mol. The van der Waals surface area contributed by atoms with Crippen molar-refractivity contribution in [2.45, 2.75) is 25.2 Å². The SMILES string of the molecule is C[C@@H](O)[C@H](NC(=O)c1ccc(C#Cc2ccc(C(F)(F)F)cc2)cc1)C(=O)NO. The Hall–Kier alpha value is -3.35. The van der Waals surface area contributed by atoms with Crippen LogP contribution in [0.4, 0.5) is 13.2 Å². The van der Waals surface area contributed by atoms with E-state index in [4.69, 9.17) is 5.21 Å². The molecule has 4 N–H and O–H groups in total. The van der Waals surface area contributed by atoms with E-state index in [9.17, 15) is 27.9 Å². The first-order valence-corrected chi connectivity index (χ1v) is 8.34. The summed E-state index contributed by atoms with van der Waals surface area (Å²) in [6, 6.07) is 8.98. The van der Waals surface area contributed by atoms with E-state index < -0.39 is 35.7 Å². The van der Waals surface area contributed by atoms with E-state index in [-0.39, 0.29) is 5.56 Å². The van der Waals surface area contributed by atoms with Gasteiger partial charge in [-0.25, -0.2) is 5.48 Å². The minimum Gasteiger partial charge on any atom is -0.391 e. The van der Waals surface area contributed by atoms with Gasteiger partial charge in [-0.2, -0.15) is 13.2 Å². The highest BCUT2D eigenvalue weighted by Crippen LogP contribution is 2.28. The maximum absolute atomic E-state index is 12.5. The Morgan fingerprint density at radius 1 is 0.966 bits per heavy atom. The lowest BCUT2D eigenvalue weighted by Crippen LogP contribution is -2.51. The molecule has 0 aromatic heterocycles. The van der Waals surface area contributed by atoms with Crippen molar-refractivity contribution >= 4 is 11.8 Å². The van der Waals surface area contributed by atoms with Crippen LogP contribution in [0, 0.1) is 11.8 Å². The number of rotatable bonds is 4. The fourth-order valence-corrected chi connectivity index (χ4v) is 2.29. The average molecular weight is 406 g/mol. The minimum atomic E-state index is -4.41. The molecule has 0 aliphatic carbocycles. The van der Waals surface area contributed by atoms with Crippen molar-refractivity contribution in [1.29, 1.82) is 0 Å². The van der Waals surface area contributed by atoms with Crippen LogP contribution in [0.1, 0.15) is 34.0 Å². The molecule has 0 aliphatic rings. The van der Waals surface area contributed by atoms with Gasteiger partial charge in [-0.15, -0.1) is 0 Å². The largest absolute Gasteiger partial charge is 0.416 e. The summed E-state index contributed by atoms with van der Waals surface area (Å²) in [4.78, 5) is 23.6. The second kappa shape index (κ2) is 9.23. The second-order valence-corrected chi connectivity index (χ2v) is 6.07. The van der Waals surface area contributed by atoms with Crippen molar-refractivity contribution in [2.24, 2.45) is 0 Å². The van der Waals surface area contributed by atoms with E-state index in [0.29, 0.717) is 11.1 Å². The number of amides is 2. The normalized spacial score (nSPS) is 12.9. The van der Waals surface area contributed by atoms with Crippen LogP contribution in [0.3, 0.4) is 0 Å². The summed E-state index contributed by atoms with van der Waals surface area (Å²) in [5.41, 5.74) is 1.70. The van der Waals surface area contributed by atoms with Crippen LogP contribution in [-0.2, 0) is 11.0 Å². The topological polar surface area (TPSA) is 98.7 Å². The number of hydroxylamine groups is 1. The quantitative estimate of drug-likeness (QED) is 0.355. The highest BCUT2D eigenvalue weighted by Gasteiger charge is 2.29. The number of halogens is 3. The third-order valence-electron chi connectivity index (χ3n) is 3.87. The number of carbonyl (C=O) groups excluding carboxylic acids is 2. The van der Waals surface area contributed by atoms with Crippen LogP contribution in [0.15, 0.2) is 48.5 Å². The van der Waals surface area contributed by atoms with Gasteiger partial charge in [0.15, 0.2) is 0 Å². The van der Waals surface area contributed by atoms with Gasteiger partial charge in [-0.05, 0) is 55.5 Å². The molecule has 9 heteroatoms. The Labute approximate surface area is 164 Å². The molecule has 0 heterocycles. The smallest absolute Gasteiger partial charge is 0.391 e. The fraction of sp³-hybridized carbons (Fsp3) is 0.200. The van der Waals surface area contributed by atoms with Gasteiger partial charge in [-0.1, -0.05) is 11.8 Å². The van der Waals surface area contributed by atoms with Crippen molar-refractivity contribution in [3.8, 4) is 11.8 Å². The molecular weight excluding hydrogens is 389 g/mol. The summed E-state index contributed by atoms with van der Waals surface area (Å²) in [6.45, 7) is 1.28. The van der Waals surface area contributed by atoms with E-state index in [1.165, 1.54) is 48.8 Å². The molecule has 2 aromatic carbocycles. The van der Waals surface area contributed by atoms with Gasteiger partial charge in [-0.3, -0.25) is 14.8 Å². The molecule has 6 nitrogen and oxygen atoms in total. The van der Waals surface area contributed by atoms with Crippen LogP contribution in [0.2, 0.25) is 0 Å². The summed E-state index contributed by atoms with van der Waals surface area (Å²) in [5, 5.41) is 20.5. The van der Waals surface area contributed by atoms with Gasteiger partial charge in [0.1, 0.15) is 6.04 Å². The van der Waals surface area contributed by atoms with Gasteiger partial charge in [0.2, 0.25) is 0 Å². The van der Waals surface area contributed by atoms with Crippen LogP contribution < -0.4 is 10.8 Å². The number of alkyl halides is 3. The van der Waals surface area contributed by atoms with Crippen molar-refractivity contribution in [2.75, 3.05) is 0 Å². The molecule has 2 aromatic rings. The van der Waals surface area contributed by atoms with E-state index in [1.54, 1.807) is 0 Å². The molecule has 0 unspecified atom stereocenters. The van der Waals surface area contributed by atoms with Gasteiger partial charge < -0.3 is 10.4 Å². The first-order chi connectivity index (χ1) is 13.6. The number of aliphatic hydroxyl groups excluding tert-OH is 1. The molecular formula is C20H17F3N2O4. The lowest BCUT2D eigenvalue weighted by molar-refractivity contribution is -0.137. The molecule has 2 rings (SSSR count). The molecule has 0 aliphatic heterocycles. The lowest BCUT2D eigenvalue weighted by Gasteiger charge is -2.19. The van der Waals surface area contributed by atoms with Crippen molar-refractivity contribution in [1.82, 2.24) is 10.8 Å². The molecule has 29 heavy (non-hydrogen) atoms. The van der Waals surface area contributed by atoms with E-state index in [2.05, 4.69) is 17.2 Å². The molecule has 0 saturated heterocycles. The predicted octanol–water partition coefficient (Wildman–Crippen LogP) is 2.09. The summed E-state index contributed by atoms with van der Waals surface area (Å²) < 4.78 is 37.6. The maximum atomic E-state index is 12.5. The molecule has 0 spiro atoms. The number of aliphatic hydroxyl groups is 1. The fourth-order valence-electron chi connectivity index (χ4n) is 2.29. The number of hydrogen-bond acceptors (Lipinski definition) is 4. The lowest BCUT2D eigenvalue weighted by atomic mass is 10.1. The zero-order valence-corrected chi connectivity index (χ0v) is 15.1. The van der Waals surface area contributed by atoms with E-state index in [1.807, 2.05) is 0 Å². The molecule has 0 saturated carbocycles. The Morgan fingerprint density at radius 2 is 1.45 bits per heavy atom. The summed E-state index contributed by atoms with van der Waals surface area (Å²) >= 11 is 0. The molecule has 0 radical (unpaired) electrons. The van der Waals surface area contributed by atoms with Crippen LogP contribution in [-0.4, -0.2) is 34.3 Å². The molecule has 2 atom stereocenters. The average Bonchev–Trinajstić information content (AvgIpc) is 2.69. The number of nitrogens with one attached hydrogen (secondary N) is 2. The Bertz CT molecular complexity index is 927. The first-order valence-electron chi connectivity index (χ1n) is 8.34. The first kappa shape index (κ1) is 21.9. The standard InChI is InChI=1S/C20H17F3N2O4/c1-12(26)17(19(28)25-29)24-18(27)15-8-4-13(5-9-15)2-3-14-6-10-16(11-7-14)20(21,22)23/h4-12,17,26,29H,1H3,(H,24,27)(H,25,28)/t12-,17+/m1/s1. The third kappa shape index (κ3) is 6.07. The molecule has 152 valence electrons. The van der Waals surface area contributed by atoms with Crippen molar-refractivity contribution in [3.05, 3.63) is 70.8 Å². The maximum Gasteiger partial charge on any atom is 0.416 e. The summed E-state index contributed by atoms with van der Waals surface area (Å²) in [7, 11) is 0.